The molecule has 2 aromatic rings. The number of hydrogen-bond acceptors (Lipinski definition) is 4. The number of aryl methyl sites for hydroxylation is 1. The second-order valence-corrected chi connectivity index (χ2v) is 5.81. The van der Waals surface area contributed by atoms with Crippen LogP contribution < -0.4 is 0 Å². The lowest BCUT2D eigenvalue weighted by atomic mass is 9.79. The van der Waals surface area contributed by atoms with Crippen molar-refractivity contribution in [3.63, 3.8) is 0 Å². The molecule has 1 aliphatic rings. The predicted molar refractivity (Wildman–Crippen MR) is 77.6 cm³/mol. The van der Waals surface area contributed by atoms with E-state index in [4.69, 9.17) is 9.26 Å². The van der Waals surface area contributed by atoms with Crippen LogP contribution in [0.5, 0.6) is 0 Å². The molecule has 0 spiro atoms. The van der Waals surface area contributed by atoms with Crippen LogP contribution in [-0.2, 0) is 21.6 Å². The summed E-state index contributed by atoms with van der Waals surface area (Å²) in [6, 6.07) is 7.99. The van der Waals surface area contributed by atoms with Crippen LogP contribution >= 0.6 is 0 Å². The van der Waals surface area contributed by atoms with Gasteiger partial charge in [0.05, 0.1) is 11.1 Å². The van der Waals surface area contributed by atoms with Crippen LogP contribution in [0.3, 0.4) is 0 Å². The van der Waals surface area contributed by atoms with Gasteiger partial charge < -0.3 is 9.26 Å². The fourth-order valence-corrected chi connectivity index (χ4v) is 3.13. The number of benzene rings is 1. The minimum atomic E-state index is -0.739. The van der Waals surface area contributed by atoms with Crippen LogP contribution in [-0.4, -0.2) is 11.1 Å². The SMILES string of the molecule is Cc1cc(COC(=O)C2(c3cccc(F)c3)CCCC2)on1. The molecule has 1 aromatic carbocycles. The number of carbonyl (C=O) groups is 1. The maximum Gasteiger partial charge on any atom is 0.317 e. The van der Waals surface area contributed by atoms with Crippen LogP contribution in [0.4, 0.5) is 4.39 Å². The highest BCUT2D eigenvalue weighted by atomic mass is 19.1. The van der Waals surface area contributed by atoms with E-state index in [0.29, 0.717) is 24.2 Å². The Morgan fingerprint density at radius 2 is 2.14 bits per heavy atom. The summed E-state index contributed by atoms with van der Waals surface area (Å²) in [4.78, 5) is 12.7. The first-order valence-electron chi connectivity index (χ1n) is 7.46. The second-order valence-electron chi connectivity index (χ2n) is 5.81. The van der Waals surface area contributed by atoms with Crippen molar-refractivity contribution in [3.8, 4) is 0 Å². The van der Waals surface area contributed by atoms with Gasteiger partial charge in [-0.3, -0.25) is 4.79 Å². The number of ether oxygens (including phenoxy) is 1. The molecule has 3 rings (SSSR count). The molecule has 0 bridgehead atoms. The smallest absolute Gasteiger partial charge is 0.317 e. The molecule has 1 fully saturated rings. The average Bonchev–Trinajstić information content (AvgIpc) is 3.14. The Labute approximate surface area is 128 Å². The van der Waals surface area contributed by atoms with Gasteiger partial charge in [0.15, 0.2) is 12.4 Å². The highest BCUT2D eigenvalue weighted by molar-refractivity contribution is 5.83. The van der Waals surface area contributed by atoms with Crippen molar-refractivity contribution >= 4 is 5.97 Å². The minimum absolute atomic E-state index is 0.0523. The minimum Gasteiger partial charge on any atom is -0.457 e. The fraction of sp³-hybridized carbons (Fsp3) is 0.412. The number of hydrogen-bond donors (Lipinski definition) is 0. The number of rotatable bonds is 4. The molecule has 0 saturated heterocycles. The largest absolute Gasteiger partial charge is 0.457 e. The zero-order valence-electron chi connectivity index (χ0n) is 12.5. The van der Waals surface area contributed by atoms with Gasteiger partial charge in [-0.25, -0.2) is 4.39 Å². The summed E-state index contributed by atoms with van der Waals surface area (Å²) in [6.45, 7) is 1.86. The van der Waals surface area contributed by atoms with Crippen molar-refractivity contribution < 1.29 is 18.4 Å². The lowest BCUT2D eigenvalue weighted by molar-refractivity contribution is -0.152. The first kappa shape index (κ1) is 14.8. The van der Waals surface area contributed by atoms with Gasteiger partial charge >= 0.3 is 5.97 Å². The Morgan fingerprint density at radius 1 is 1.36 bits per heavy atom. The van der Waals surface area contributed by atoms with E-state index in [1.165, 1.54) is 12.1 Å². The van der Waals surface area contributed by atoms with Crippen LogP contribution in [0.15, 0.2) is 34.9 Å². The first-order chi connectivity index (χ1) is 10.6. The summed E-state index contributed by atoms with van der Waals surface area (Å²) in [6.07, 6.45) is 3.25. The zero-order chi connectivity index (χ0) is 15.6. The Kier molecular flexibility index (Phi) is 3.96. The summed E-state index contributed by atoms with van der Waals surface area (Å²) >= 11 is 0. The van der Waals surface area contributed by atoms with Crippen molar-refractivity contribution in [1.29, 1.82) is 0 Å². The van der Waals surface area contributed by atoms with Crippen LogP contribution in [0.2, 0.25) is 0 Å². The zero-order valence-corrected chi connectivity index (χ0v) is 12.5. The molecule has 0 unspecified atom stereocenters. The Morgan fingerprint density at radius 3 is 2.77 bits per heavy atom. The van der Waals surface area contributed by atoms with E-state index >= 15 is 0 Å². The number of esters is 1. The molecule has 0 N–H and O–H groups in total. The molecule has 1 heterocycles. The first-order valence-corrected chi connectivity index (χ1v) is 7.46. The summed E-state index contributed by atoms with van der Waals surface area (Å²) < 4.78 is 24.0. The van der Waals surface area contributed by atoms with Gasteiger partial charge in [-0.15, -0.1) is 0 Å². The summed E-state index contributed by atoms with van der Waals surface area (Å²) in [5.74, 6) is -0.134. The van der Waals surface area contributed by atoms with Gasteiger partial charge in [0.1, 0.15) is 5.82 Å². The Bertz CT molecular complexity index is 674. The molecule has 4 nitrogen and oxygen atoms in total. The van der Waals surface area contributed by atoms with E-state index in [2.05, 4.69) is 5.16 Å². The average molecular weight is 303 g/mol. The third-order valence-corrected chi connectivity index (χ3v) is 4.25. The van der Waals surface area contributed by atoms with Crippen LogP contribution in [0.1, 0.15) is 42.7 Å². The topological polar surface area (TPSA) is 52.3 Å². The maximum atomic E-state index is 13.5. The van der Waals surface area contributed by atoms with E-state index < -0.39 is 5.41 Å². The second kappa shape index (κ2) is 5.91. The van der Waals surface area contributed by atoms with Crippen molar-refractivity contribution in [3.05, 3.63) is 53.2 Å². The number of halogens is 1. The molecule has 0 amide bonds. The quantitative estimate of drug-likeness (QED) is 0.809. The predicted octanol–water partition coefficient (Wildman–Crippen LogP) is 3.68. The van der Waals surface area contributed by atoms with E-state index in [0.717, 1.165) is 18.5 Å². The van der Waals surface area contributed by atoms with Gasteiger partial charge in [0.25, 0.3) is 0 Å². The van der Waals surface area contributed by atoms with Gasteiger partial charge in [-0.2, -0.15) is 0 Å². The van der Waals surface area contributed by atoms with Crippen LogP contribution in [0.25, 0.3) is 0 Å². The van der Waals surface area contributed by atoms with Gasteiger partial charge in [0.2, 0.25) is 0 Å². The molecule has 0 aliphatic heterocycles. The summed E-state index contributed by atoms with van der Waals surface area (Å²) in [7, 11) is 0. The number of nitrogens with zero attached hydrogens (tertiary/aromatic N) is 1. The van der Waals surface area contributed by atoms with Gasteiger partial charge in [-0.1, -0.05) is 30.1 Å². The molecule has 22 heavy (non-hydrogen) atoms. The highest BCUT2D eigenvalue weighted by Gasteiger charge is 2.44. The Hall–Kier alpha value is -2.17. The standard InChI is InChI=1S/C17H18FNO3/c1-12-9-15(22-19-12)11-21-16(20)17(7-2-3-8-17)13-5-4-6-14(18)10-13/h4-6,9-10H,2-3,7-8,11H2,1H3. The van der Waals surface area contributed by atoms with E-state index in [-0.39, 0.29) is 18.4 Å². The van der Waals surface area contributed by atoms with Crippen molar-refractivity contribution in [1.82, 2.24) is 5.16 Å². The molecular weight excluding hydrogens is 285 g/mol. The molecule has 0 atom stereocenters. The summed E-state index contributed by atoms with van der Waals surface area (Å²) in [5, 5.41) is 3.76. The highest BCUT2D eigenvalue weighted by Crippen LogP contribution is 2.42. The maximum absolute atomic E-state index is 13.5. The van der Waals surface area contributed by atoms with E-state index in [1.54, 1.807) is 25.1 Å². The third-order valence-electron chi connectivity index (χ3n) is 4.25. The molecule has 1 saturated carbocycles. The lowest BCUT2D eigenvalue weighted by Crippen LogP contribution is -2.34. The molecule has 1 aliphatic carbocycles. The van der Waals surface area contributed by atoms with Gasteiger partial charge in [-0.05, 0) is 37.5 Å². The molecule has 1 aromatic heterocycles. The van der Waals surface area contributed by atoms with E-state index in [1.807, 2.05) is 0 Å². The van der Waals surface area contributed by atoms with Crippen molar-refractivity contribution in [2.75, 3.05) is 0 Å². The van der Waals surface area contributed by atoms with Crippen molar-refractivity contribution in [2.45, 2.75) is 44.6 Å². The lowest BCUT2D eigenvalue weighted by Gasteiger charge is -2.27. The number of aromatic nitrogens is 1. The van der Waals surface area contributed by atoms with Crippen LogP contribution in [0, 0.1) is 12.7 Å². The molecule has 116 valence electrons. The number of carbonyl (C=O) groups excluding carboxylic acids is 1. The normalized spacial score (nSPS) is 16.6. The van der Waals surface area contributed by atoms with Gasteiger partial charge in [0, 0.05) is 6.07 Å². The molecule has 5 heteroatoms. The summed E-state index contributed by atoms with van der Waals surface area (Å²) in [5.41, 5.74) is 0.701. The Balaban J connectivity index is 1.79. The van der Waals surface area contributed by atoms with Crippen molar-refractivity contribution in [2.24, 2.45) is 0 Å². The monoisotopic (exact) mass is 303 g/mol. The van der Waals surface area contributed by atoms with E-state index in [9.17, 15) is 9.18 Å². The fourth-order valence-electron chi connectivity index (χ4n) is 3.13. The third kappa shape index (κ3) is 2.75. The molecule has 0 radical (unpaired) electrons. The molecular formula is C17H18FNO3.